The summed E-state index contributed by atoms with van der Waals surface area (Å²) in [5.74, 6) is -2.06. The van der Waals surface area contributed by atoms with E-state index in [1.807, 2.05) is 31.2 Å². The molecule has 5 nitrogen and oxygen atoms in total. The molecule has 0 bridgehead atoms. The summed E-state index contributed by atoms with van der Waals surface area (Å²) in [6, 6.07) is 10.5. The summed E-state index contributed by atoms with van der Waals surface area (Å²) in [7, 11) is 0. The normalized spacial score (nSPS) is 12.2. The van der Waals surface area contributed by atoms with E-state index >= 15 is 0 Å². The molecule has 0 aliphatic heterocycles. The molecule has 128 valence electrons. The fraction of sp³-hybridized carbons (Fsp3) is 0.176. The molecule has 1 aromatic heterocycles. The monoisotopic (exact) mass is 360 g/mol. The molecule has 2 aromatic carbocycles. The van der Waals surface area contributed by atoms with Crippen LogP contribution >= 0.6 is 11.8 Å². The topological polar surface area (TPSA) is 60.7 Å². The molecule has 1 atom stereocenters. The van der Waals surface area contributed by atoms with Gasteiger partial charge in [-0.15, -0.1) is 5.10 Å². The molecule has 1 unspecified atom stereocenters. The Morgan fingerprint density at radius 1 is 1.16 bits per heavy atom. The van der Waals surface area contributed by atoms with Crippen LogP contribution in [0.3, 0.4) is 0 Å². The van der Waals surface area contributed by atoms with Crippen molar-refractivity contribution >= 4 is 17.5 Å². The Kier molecular flexibility index (Phi) is 4.89. The minimum Gasteiger partial charge on any atom is -0.293 e. The predicted molar refractivity (Wildman–Crippen MR) is 89.9 cm³/mol. The van der Waals surface area contributed by atoms with Crippen molar-refractivity contribution in [3.63, 3.8) is 0 Å². The van der Waals surface area contributed by atoms with E-state index in [4.69, 9.17) is 0 Å². The van der Waals surface area contributed by atoms with E-state index in [-0.39, 0.29) is 5.56 Å². The van der Waals surface area contributed by atoms with Crippen molar-refractivity contribution in [2.24, 2.45) is 0 Å². The van der Waals surface area contributed by atoms with E-state index in [0.717, 1.165) is 35.1 Å². The maximum atomic E-state index is 13.8. The number of carbonyl (C=O) groups is 1. The van der Waals surface area contributed by atoms with Crippen LogP contribution in [0, 0.1) is 18.6 Å². The molecule has 3 rings (SSSR count). The molecular weight excluding hydrogens is 346 g/mol. The number of ketones is 1. The summed E-state index contributed by atoms with van der Waals surface area (Å²) in [6.45, 7) is 3.60. The number of rotatable bonds is 5. The molecule has 0 saturated carbocycles. The van der Waals surface area contributed by atoms with Crippen LogP contribution in [0.15, 0.2) is 47.6 Å². The average Bonchev–Trinajstić information content (AvgIpc) is 3.03. The number of Topliss-reactive ketones (excluding diaryl/α,β-unsaturated/α-hetero) is 1. The fourth-order valence-corrected chi connectivity index (χ4v) is 3.10. The zero-order chi connectivity index (χ0) is 18.0. The van der Waals surface area contributed by atoms with Crippen molar-refractivity contribution in [1.29, 1.82) is 0 Å². The smallest absolute Gasteiger partial charge is 0.214 e. The van der Waals surface area contributed by atoms with Crippen LogP contribution in [-0.2, 0) is 0 Å². The van der Waals surface area contributed by atoms with Gasteiger partial charge in [-0.05, 0) is 48.5 Å². The van der Waals surface area contributed by atoms with E-state index in [0.29, 0.717) is 11.2 Å². The number of aromatic nitrogens is 4. The van der Waals surface area contributed by atoms with Gasteiger partial charge in [-0.3, -0.25) is 4.79 Å². The van der Waals surface area contributed by atoms with Gasteiger partial charge in [-0.25, -0.2) is 8.78 Å². The Labute approximate surface area is 147 Å². The summed E-state index contributed by atoms with van der Waals surface area (Å²) in [5.41, 5.74) is 1.70. The quantitative estimate of drug-likeness (QED) is 0.514. The zero-order valence-electron chi connectivity index (χ0n) is 13.5. The Balaban J connectivity index is 1.82. The number of hydrogen-bond donors (Lipinski definition) is 0. The van der Waals surface area contributed by atoms with E-state index in [9.17, 15) is 13.6 Å². The average molecular weight is 360 g/mol. The number of halogens is 2. The lowest BCUT2D eigenvalue weighted by Crippen LogP contribution is -2.16. The summed E-state index contributed by atoms with van der Waals surface area (Å²) in [4.78, 5) is 12.4. The van der Waals surface area contributed by atoms with Gasteiger partial charge in [0.25, 0.3) is 0 Å². The zero-order valence-corrected chi connectivity index (χ0v) is 14.3. The van der Waals surface area contributed by atoms with Crippen LogP contribution in [-0.4, -0.2) is 31.2 Å². The summed E-state index contributed by atoms with van der Waals surface area (Å²) in [5, 5.41) is 11.3. The first-order valence-corrected chi connectivity index (χ1v) is 8.35. The van der Waals surface area contributed by atoms with Gasteiger partial charge in [0.2, 0.25) is 5.16 Å². The third-order valence-corrected chi connectivity index (χ3v) is 4.60. The van der Waals surface area contributed by atoms with Gasteiger partial charge in [0.1, 0.15) is 11.6 Å². The van der Waals surface area contributed by atoms with E-state index < -0.39 is 22.7 Å². The molecule has 8 heteroatoms. The molecule has 0 spiro atoms. The maximum absolute atomic E-state index is 13.8. The van der Waals surface area contributed by atoms with Crippen molar-refractivity contribution in [3.8, 4) is 5.69 Å². The van der Waals surface area contributed by atoms with E-state index in [1.165, 1.54) is 4.68 Å². The SMILES string of the molecule is Cc1ccc(-n2nnnc2SC(C)C(=O)c2ccc(F)cc2F)cc1. The highest BCUT2D eigenvalue weighted by molar-refractivity contribution is 8.00. The van der Waals surface area contributed by atoms with Crippen LogP contribution in [0.4, 0.5) is 8.78 Å². The highest BCUT2D eigenvalue weighted by Crippen LogP contribution is 2.26. The van der Waals surface area contributed by atoms with Gasteiger partial charge in [0.05, 0.1) is 16.5 Å². The van der Waals surface area contributed by atoms with E-state index in [2.05, 4.69) is 15.5 Å². The summed E-state index contributed by atoms with van der Waals surface area (Å²) >= 11 is 1.11. The highest BCUT2D eigenvalue weighted by Gasteiger charge is 2.23. The lowest BCUT2D eigenvalue weighted by Gasteiger charge is -2.11. The van der Waals surface area contributed by atoms with Gasteiger partial charge < -0.3 is 0 Å². The Hall–Kier alpha value is -2.61. The standard InChI is InChI=1S/C17H14F2N4OS/c1-10-3-6-13(7-4-10)23-17(20-21-22-23)25-11(2)16(24)14-8-5-12(18)9-15(14)19/h3-9,11H,1-2H3. The third-order valence-electron chi connectivity index (χ3n) is 3.57. The molecule has 0 amide bonds. The van der Waals surface area contributed by atoms with Crippen molar-refractivity contribution in [2.45, 2.75) is 24.3 Å². The third kappa shape index (κ3) is 3.74. The van der Waals surface area contributed by atoms with Crippen LogP contribution in [0.25, 0.3) is 5.69 Å². The predicted octanol–water partition coefficient (Wildman–Crippen LogP) is 3.61. The molecule has 1 heterocycles. The van der Waals surface area contributed by atoms with Crippen LogP contribution in [0.5, 0.6) is 0 Å². The van der Waals surface area contributed by atoms with Crippen LogP contribution in [0.2, 0.25) is 0 Å². The first-order valence-electron chi connectivity index (χ1n) is 7.47. The second-order valence-corrected chi connectivity index (χ2v) is 6.77. The number of benzene rings is 2. The molecule has 0 saturated heterocycles. The number of tetrazole rings is 1. The van der Waals surface area contributed by atoms with E-state index in [1.54, 1.807) is 6.92 Å². The number of thioether (sulfide) groups is 1. The van der Waals surface area contributed by atoms with Crippen LogP contribution in [0.1, 0.15) is 22.8 Å². The van der Waals surface area contributed by atoms with Crippen molar-refractivity contribution < 1.29 is 13.6 Å². The molecule has 3 aromatic rings. The maximum Gasteiger partial charge on any atom is 0.214 e. The molecule has 0 fully saturated rings. The fourth-order valence-electron chi connectivity index (χ4n) is 2.22. The van der Waals surface area contributed by atoms with Gasteiger partial charge in [0, 0.05) is 6.07 Å². The first kappa shape index (κ1) is 17.2. The molecule has 0 aliphatic carbocycles. The molecule has 0 radical (unpaired) electrons. The van der Waals surface area contributed by atoms with Gasteiger partial charge in [-0.1, -0.05) is 29.5 Å². The second-order valence-electron chi connectivity index (χ2n) is 5.46. The minimum absolute atomic E-state index is 0.157. The number of aryl methyl sites for hydroxylation is 1. The van der Waals surface area contributed by atoms with Crippen LogP contribution < -0.4 is 0 Å². The molecule has 0 N–H and O–H groups in total. The number of hydrogen-bond acceptors (Lipinski definition) is 5. The van der Waals surface area contributed by atoms with Crippen molar-refractivity contribution in [1.82, 2.24) is 20.2 Å². The Morgan fingerprint density at radius 2 is 1.88 bits per heavy atom. The largest absolute Gasteiger partial charge is 0.293 e. The Bertz CT molecular complexity index is 911. The summed E-state index contributed by atoms with van der Waals surface area (Å²) in [6.07, 6.45) is 0. The highest BCUT2D eigenvalue weighted by atomic mass is 32.2. The van der Waals surface area contributed by atoms with Gasteiger partial charge in [0.15, 0.2) is 5.78 Å². The minimum atomic E-state index is -0.879. The number of nitrogens with zero attached hydrogens (tertiary/aromatic N) is 4. The van der Waals surface area contributed by atoms with Crippen molar-refractivity contribution in [2.75, 3.05) is 0 Å². The molecule has 25 heavy (non-hydrogen) atoms. The molecule has 0 aliphatic rings. The Morgan fingerprint density at radius 3 is 2.56 bits per heavy atom. The lowest BCUT2D eigenvalue weighted by molar-refractivity contribution is 0.0990. The first-order chi connectivity index (χ1) is 12.0. The van der Waals surface area contributed by atoms with Gasteiger partial charge in [-0.2, -0.15) is 4.68 Å². The molecular formula is C17H14F2N4OS. The summed E-state index contributed by atoms with van der Waals surface area (Å²) < 4.78 is 28.3. The number of carbonyl (C=O) groups excluding carboxylic acids is 1. The van der Waals surface area contributed by atoms with Crippen molar-refractivity contribution in [3.05, 3.63) is 65.2 Å². The lowest BCUT2D eigenvalue weighted by atomic mass is 10.1. The van der Waals surface area contributed by atoms with Gasteiger partial charge >= 0.3 is 0 Å². The second kappa shape index (κ2) is 7.10.